The summed E-state index contributed by atoms with van der Waals surface area (Å²) in [5, 5.41) is 3.61. The van der Waals surface area contributed by atoms with Crippen molar-refractivity contribution in [3.05, 3.63) is 34.2 Å². The van der Waals surface area contributed by atoms with Gasteiger partial charge in [0, 0.05) is 18.2 Å². The fourth-order valence-electron chi connectivity index (χ4n) is 3.33. The Balaban J connectivity index is 1.81. The number of rotatable bonds is 4. The second-order valence-corrected chi connectivity index (χ2v) is 7.39. The smallest absolute Gasteiger partial charge is 0.260 e. The van der Waals surface area contributed by atoms with Crippen LogP contribution in [0.25, 0.3) is 10.9 Å². The van der Waals surface area contributed by atoms with Gasteiger partial charge in [-0.15, -0.1) is 0 Å². The molecule has 0 radical (unpaired) electrons. The van der Waals surface area contributed by atoms with E-state index in [0.29, 0.717) is 22.8 Å². The molecule has 2 aliphatic carbocycles. The number of hydrogen-bond donors (Lipinski definition) is 1. The lowest BCUT2D eigenvalue weighted by molar-refractivity contribution is -0.117. The van der Waals surface area contributed by atoms with Crippen LogP contribution in [0.4, 0.5) is 5.82 Å². The molecule has 2 saturated carbocycles. The molecule has 2 heterocycles. The van der Waals surface area contributed by atoms with Gasteiger partial charge in [0.25, 0.3) is 5.56 Å². The summed E-state index contributed by atoms with van der Waals surface area (Å²) in [5.41, 5.74) is 1.69. The van der Waals surface area contributed by atoms with Crippen LogP contribution in [0, 0.1) is 5.92 Å². The maximum Gasteiger partial charge on any atom is 0.260 e. The monoisotopic (exact) mass is 325 g/mol. The van der Waals surface area contributed by atoms with Crippen LogP contribution in [0.2, 0.25) is 0 Å². The van der Waals surface area contributed by atoms with Crippen LogP contribution in [-0.4, -0.2) is 15.5 Å². The van der Waals surface area contributed by atoms with Gasteiger partial charge in [-0.25, -0.2) is 4.98 Å². The third kappa shape index (κ3) is 2.62. The number of pyridine rings is 2. The van der Waals surface area contributed by atoms with Gasteiger partial charge in [0.2, 0.25) is 5.91 Å². The minimum Gasteiger partial charge on any atom is -0.312 e. The lowest BCUT2D eigenvalue weighted by Gasteiger charge is -2.28. The summed E-state index contributed by atoms with van der Waals surface area (Å²) in [5.74, 6) is 0.928. The summed E-state index contributed by atoms with van der Waals surface area (Å²) < 4.78 is 1.86. The third-order valence-corrected chi connectivity index (χ3v) is 5.21. The zero-order chi connectivity index (χ0) is 16.8. The lowest BCUT2D eigenvalue weighted by Crippen LogP contribution is -2.29. The van der Waals surface area contributed by atoms with E-state index in [2.05, 4.69) is 24.1 Å². The highest BCUT2D eigenvalue weighted by atomic mass is 16.2. The van der Waals surface area contributed by atoms with E-state index in [0.717, 1.165) is 31.2 Å². The number of hydrogen-bond acceptors (Lipinski definition) is 3. The summed E-state index contributed by atoms with van der Waals surface area (Å²) in [4.78, 5) is 29.5. The molecule has 126 valence electrons. The van der Waals surface area contributed by atoms with Gasteiger partial charge < -0.3 is 9.88 Å². The first kappa shape index (κ1) is 15.4. The van der Waals surface area contributed by atoms with Crippen molar-refractivity contribution in [1.29, 1.82) is 0 Å². The Morgan fingerprint density at radius 1 is 1.29 bits per heavy atom. The molecular formula is C19H23N3O2. The Morgan fingerprint density at radius 3 is 2.62 bits per heavy atom. The Bertz CT molecular complexity index is 861. The summed E-state index contributed by atoms with van der Waals surface area (Å²) in [6.07, 6.45) is 7.12. The number of nitrogens with one attached hydrogen (secondary N) is 1. The van der Waals surface area contributed by atoms with E-state index in [1.54, 1.807) is 0 Å². The number of nitrogens with zero attached hydrogens (tertiary/aromatic N) is 2. The van der Waals surface area contributed by atoms with Crippen LogP contribution in [0.15, 0.2) is 23.1 Å². The van der Waals surface area contributed by atoms with Crippen molar-refractivity contribution in [2.24, 2.45) is 5.92 Å². The maximum atomic E-state index is 13.0. The van der Waals surface area contributed by atoms with Crippen LogP contribution in [0.1, 0.15) is 63.5 Å². The Hall–Kier alpha value is -2.17. The summed E-state index contributed by atoms with van der Waals surface area (Å²) >= 11 is 0. The third-order valence-electron chi connectivity index (χ3n) is 5.21. The predicted molar refractivity (Wildman–Crippen MR) is 94.3 cm³/mol. The standard InChI is InChI=1S/C19H23N3O2/c1-11(2)14-10-16(21-18(23)12-6-7-12)20-15-8-9-22(13-4-3-5-13)19(24)17(14)15/h8-13H,3-7H2,1-2H3,(H,20,21,23). The van der Waals surface area contributed by atoms with Crippen molar-refractivity contribution in [2.75, 3.05) is 5.32 Å². The Kier molecular flexibility index (Phi) is 3.66. The summed E-state index contributed by atoms with van der Waals surface area (Å²) in [6.45, 7) is 4.14. The van der Waals surface area contributed by atoms with E-state index >= 15 is 0 Å². The first-order chi connectivity index (χ1) is 11.5. The van der Waals surface area contributed by atoms with Crippen molar-refractivity contribution >= 4 is 22.6 Å². The molecule has 0 spiro atoms. The second kappa shape index (κ2) is 5.72. The molecule has 1 amide bonds. The van der Waals surface area contributed by atoms with Gasteiger partial charge in [0.1, 0.15) is 5.82 Å². The number of amides is 1. The molecule has 0 aromatic carbocycles. The van der Waals surface area contributed by atoms with Crippen LogP contribution in [-0.2, 0) is 4.79 Å². The van der Waals surface area contributed by atoms with E-state index in [-0.39, 0.29) is 23.3 Å². The van der Waals surface area contributed by atoms with Crippen molar-refractivity contribution in [3.63, 3.8) is 0 Å². The average molecular weight is 325 g/mol. The molecular weight excluding hydrogens is 302 g/mol. The van der Waals surface area contributed by atoms with E-state index in [1.807, 2.05) is 22.9 Å². The highest BCUT2D eigenvalue weighted by molar-refractivity contribution is 5.95. The molecule has 0 saturated heterocycles. The molecule has 5 nitrogen and oxygen atoms in total. The molecule has 0 unspecified atom stereocenters. The minimum atomic E-state index is 0.0411. The molecule has 0 atom stereocenters. The molecule has 2 aliphatic rings. The Labute approximate surface area is 141 Å². The fraction of sp³-hybridized carbons (Fsp3) is 0.526. The topological polar surface area (TPSA) is 64.0 Å². The zero-order valence-corrected chi connectivity index (χ0v) is 14.2. The molecule has 0 aliphatic heterocycles. The lowest BCUT2D eigenvalue weighted by atomic mass is 9.92. The number of carbonyl (C=O) groups excluding carboxylic acids is 1. The first-order valence-electron chi connectivity index (χ1n) is 8.91. The van der Waals surface area contributed by atoms with Crippen molar-refractivity contribution in [3.8, 4) is 0 Å². The Morgan fingerprint density at radius 2 is 2.04 bits per heavy atom. The number of anilines is 1. The van der Waals surface area contributed by atoms with Gasteiger partial charge in [-0.3, -0.25) is 9.59 Å². The van der Waals surface area contributed by atoms with Crippen LogP contribution >= 0.6 is 0 Å². The largest absolute Gasteiger partial charge is 0.312 e. The van der Waals surface area contributed by atoms with Gasteiger partial charge in [-0.2, -0.15) is 0 Å². The van der Waals surface area contributed by atoms with E-state index in [9.17, 15) is 9.59 Å². The fourth-order valence-corrected chi connectivity index (χ4v) is 3.33. The van der Waals surface area contributed by atoms with Crippen LogP contribution < -0.4 is 10.9 Å². The van der Waals surface area contributed by atoms with Crippen molar-refractivity contribution in [1.82, 2.24) is 9.55 Å². The van der Waals surface area contributed by atoms with Gasteiger partial charge in [-0.05, 0) is 55.7 Å². The molecule has 24 heavy (non-hydrogen) atoms. The molecule has 4 rings (SSSR count). The highest BCUT2D eigenvalue weighted by Crippen LogP contribution is 2.33. The zero-order valence-electron chi connectivity index (χ0n) is 14.2. The molecule has 1 N–H and O–H groups in total. The minimum absolute atomic E-state index is 0.0411. The van der Waals surface area contributed by atoms with Crippen LogP contribution in [0.3, 0.4) is 0 Å². The molecule has 2 fully saturated rings. The molecule has 2 aromatic rings. The van der Waals surface area contributed by atoms with Crippen LogP contribution in [0.5, 0.6) is 0 Å². The predicted octanol–water partition coefficient (Wildman–Crippen LogP) is 3.59. The maximum absolute atomic E-state index is 13.0. The molecule has 2 aromatic heterocycles. The highest BCUT2D eigenvalue weighted by Gasteiger charge is 2.30. The number of fused-ring (bicyclic) bond motifs is 1. The van der Waals surface area contributed by atoms with E-state index in [4.69, 9.17) is 0 Å². The van der Waals surface area contributed by atoms with Gasteiger partial charge in [-0.1, -0.05) is 13.8 Å². The van der Waals surface area contributed by atoms with E-state index < -0.39 is 0 Å². The second-order valence-electron chi connectivity index (χ2n) is 7.39. The summed E-state index contributed by atoms with van der Waals surface area (Å²) in [6, 6.07) is 4.12. The van der Waals surface area contributed by atoms with Gasteiger partial charge in [0.15, 0.2) is 0 Å². The SMILES string of the molecule is CC(C)c1cc(NC(=O)C2CC2)nc2ccn(C3CCC3)c(=O)c12. The average Bonchev–Trinajstić information content (AvgIpc) is 3.32. The summed E-state index contributed by atoms with van der Waals surface area (Å²) in [7, 11) is 0. The number of carbonyl (C=O) groups is 1. The normalized spacial score (nSPS) is 18.0. The van der Waals surface area contributed by atoms with E-state index in [1.165, 1.54) is 6.42 Å². The molecule has 0 bridgehead atoms. The van der Waals surface area contributed by atoms with Gasteiger partial charge >= 0.3 is 0 Å². The van der Waals surface area contributed by atoms with Crippen molar-refractivity contribution in [2.45, 2.75) is 57.9 Å². The molecule has 5 heteroatoms. The number of aromatic nitrogens is 2. The van der Waals surface area contributed by atoms with Gasteiger partial charge in [0.05, 0.1) is 10.9 Å². The quantitative estimate of drug-likeness (QED) is 0.934. The first-order valence-corrected chi connectivity index (χ1v) is 8.91. The van der Waals surface area contributed by atoms with Crippen molar-refractivity contribution < 1.29 is 4.79 Å².